The van der Waals surface area contributed by atoms with Gasteiger partial charge in [-0.2, -0.15) is 0 Å². The maximum atomic E-state index is 11.5. The molecule has 0 bridgehead atoms. The number of fused-ring (bicyclic) bond motifs is 1. The third-order valence-corrected chi connectivity index (χ3v) is 5.01. The first-order valence-electron chi connectivity index (χ1n) is 8.90. The van der Waals surface area contributed by atoms with Crippen LogP contribution in [0.2, 0.25) is 0 Å². The molecule has 132 valence electrons. The second-order valence-electron chi connectivity index (χ2n) is 6.65. The van der Waals surface area contributed by atoms with E-state index in [-0.39, 0.29) is 5.97 Å². The average Bonchev–Trinajstić information content (AvgIpc) is 3.13. The van der Waals surface area contributed by atoms with Gasteiger partial charge in [0.1, 0.15) is 0 Å². The Morgan fingerprint density at radius 2 is 1.96 bits per heavy atom. The number of methoxy groups -OCH3 is 1. The maximum Gasteiger partial charge on any atom is 0.337 e. The van der Waals surface area contributed by atoms with Gasteiger partial charge in [0, 0.05) is 42.3 Å². The number of esters is 1. The number of hydrogen-bond donors (Lipinski definition) is 1. The molecule has 0 unspecified atom stereocenters. The van der Waals surface area contributed by atoms with Crippen molar-refractivity contribution in [2.24, 2.45) is 0 Å². The van der Waals surface area contributed by atoms with E-state index in [1.54, 1.807) is 0 Å². The van der Waals surface area contributed by atoms with Gasteiger partial charge in [-0.3, -0.25) is 4.90 Å². The fraction of sp³-hybridized carbons (Fsp3) is 0.227. The van der Waals surface area contributed by atoms with Crippen LogP contribution in [0.1, 0.15) is 27.9 Å². The van der Waals surface area contributed by atoms with Crippen LogP contribution in [0.25, 0.3) is 16.5 Å². The molecule has 4 heteroatoms. The number of nitrogens with zero attached hydrogens (tertiary/aromatic N) is 1. The van der Waals surface area contributed by atoms with Gasteiger partial charge in [-0.1, -0.05) is 36.4 Å². The smallest absolute Gasteiger partial charge is 0.337 e. The van der Waals surface area contributed by atoms with Crippen molar-refractivity contribution < 1.29 is 9.53 Å². The standard InChI is InChI=1S/C22H22N2O2/c1-26-22(25)18-8-6-16(7-9-18)15-24-12-10-17(11-13-24)20-14-23-21-5-3-2-4-19(20)21/h2-10,14,23H,11-13,15H2,1H3. The average molecular weight is 346 g/mol. The van der Waals surface area contributed by atoms with Crippen LogP contribution < -0.4 is 0 Å². The number of carbonyl (C=O) groups is 1. The Morgan fingerprint density at radius 3 is 2.69 bits per heavy atom. The summed E-state index contributed by atoms with van der Waals surface area (Å²) in [4.78, 5) is 17.3. The number of H-pyrrole nitrogens is 1. The monoisotopic (exact) mass is 346 g/mol. The molecule has 2 aromatic carbocycles. The summed E-state index contributed by atoms with van der Waals surface area (Å²) in [6, 6.07) is 16.1. The SMILES string of the molecule is COC(=O)c1ccc(CN2CC=C(c3c[nH]c4ccccc34)CC2)cc1. The Labute approximate surface area is 153 Å². The highest BCUT2D eigenvalue weighted by molar-refractivity contribution is 5.92. The third-order valence-electron chi connectivity index (χ3n) is 5.01. The molecule has 2 heterocycles. The lowest BCUT2D eigenvalue weighted by molar-refractivity contribution is 0.0600. The van der Waals surface area contributed by atoms with E-state index in [4.69, 9.17) is 4.74 Å². The van der Waals surface area contributed by atoms with Gasteiger partial charge in [0.25, 0.3) is 0 Å². The largest absolute Gasteiger partial charge is 0.465 e. The second-order valence-corrected chi connectivity index (χ2v) is 6.65. The molecular formula is C22H22N2O2. The van der Waals surface area contributed by atoms with E-state index in [0.29, 0.717) is 5.56 Å². The molecule has 0 radical (unpaired) electrons. The summed E-state index contributed by atoms with van der Waals surface area (Å²) in [5.41, 5.74) is 5.73. The van der Waals surface area contributed by atoms with Crippen molar-refractivity contribution in [3.05, 3.63) is 77.5 Å². The zero-order valence-corrected chi connectivity index (χ0v) is 14.9. The molecule has 1 N–H and O–H groups in total. The molecule has 1 aliphatic heterocycles. The molecule has 3 aromatic rings. The van der Waals surface area contributed by atoms with Crippen molar-refractivity contribution in [3.8, 4) is 0 Å². The Hall–Kier alpha value is -2.85. The first-order valence-corrected chi connectivity index (χ1v) is 8.90. The highest BCUT2D eigenvalue weighted by atomic mass is 16.5. The van der Waals surface area contributed by atoms with Crippen LogP contribution in [0.4, 0.5) is 0 Å². The molecule has 4 nitrogen and oxygen atoms in total. The number of aromatic amines is 1. The van der Waals surface area contributed by atoms with E-state index in [1.807, 2.05) is 24.3 Å². The summed E-state index contributed by atoms with van der Waals surface area (Å²) in [6.07, 6.45) is 5.50. The summed E-state index contributed by atoms with van der Waals surface area (Å²) in [5, 5.41) is 1.30. The van der Waals surface area contributed by atoms with Crippen LogP contribution in [0, 0.1) is 0 Å². The molecule has 1 aromatic heterocycles. The van der Waals surface area contributed by atoms with Crippen LogP contribution in [-0.4, -0.2) is 36.1 Å². The molecule has 0 aliphatic carbocycles. The predicted molar refractivity (Wildman–Crippen MR) is 104 cm³/mol. The van der Waals surface area contributed by atoms with Crippen molar-refractivity contribution in [2.75, 3.05) is 20.2 Å². The first kappa shape index (κ1) is 16.6. The van der Waals surface area contributed by atoms with Crippen molar-refractivity contribution in [2.45, 2.75) is 13.0 Å². The molecular weight excluding hydrogens is 324 g/mol. The number of rotatable bonds is 4. The second kappa shape index (κ2) is 7.18. The molecule has 4 rings (SSSR count). The van der Waals surface area contributed by atoms with Gasteiger partial charge in [0.15, 0.2) is 0 Å². The van der Waals surface area contributed by atoms with Gasteiger partial charge in [-0.05, 0) is 35.8 Å². The van der Waals surface area contributed by atoms with Crippen molar-refractivity contribution in [3.63, 3.8) is 0 Å². The van der Waals surface area contributed by atoms with Crippen molar-refractivity contribution >= 4 is 22.4 Å². The summed E-state index contributed by atoms with van der Waals surface area (Å²) >= 11 is 0. The van der Waals surface area contributed by atoms with E-state index < -0.39 is 0 Å². The van der Waals surface area contributed by atoms with Crippen LogP contribution in [0.5, 0.6) is 0 Å². The van der Waals surface area contributed by atoms with Crippen LogP contribution in [-0.2, 0) is 11.3 Å². The van der Waals surface area contributed by atoms with Gasteiger partial charge >= 0.3 is 5.97 Å². The molecule has 26 heavy (non-hydrogen) atoms. The Bertz CT molecular complexity index is 954. The van der Waals surface area contributed by atoms with Gasteiger partial charge in [-0.15, -0.1) is 0 Å². The summed E-state index contributed by atoms with van der Waals surface area (Å²) in [5.74, 6) is -0.291. The fourth-order valence-electron chi connectivity index (χ4n) is 3.56. The van der Waals surface area contributed by atoms with Crippen LogP contribution in [0.15, 0.2) is 60.8 Å². The first-order chi connectivity index (χ1) is 12.7. The summed E-state index contributed by atoms with van der Waals surface area (Å²) in [6.45, 7) is 2.86. The van der Waals surface area contributed by atoms with E-state index in [1.165, 1.54) is 34.7 Å². The van der Waals surface area contributed by atoms with E-state index >= 15 is 0 Å². The quantitative estimate of drug-likeness (QED) is 0.719. The highest BCUT2D eigenvalue weighted by Crippen LogP contribution is 2.29. The lowest BCUT2D eigenvalue weighted by atomic mass is 9.98. The molecule has 0 spiro atoms. The molecule has 1 aliphatic rings. The molecule has 0 atom stereocenters. The van der Waals surface area contributed by atoms with E-state index in [0.717, 1.165) is 26.1 Å². The van der Waals surface area contributed by atoms with Gasteiger partial charge in [0.05, 0.1) is 12.7 Å². The summed E-state index contributed by atoms with van der Waals surface area (Å²) in [7, 11) is 1.40. The number of nitrogens with one attached hydrogen (secondary N) is 1. The Balaban J connectivity index is 1.43. The number of aromatic nitrogens is 1. The van der Waals surface area contributed by atoms with E-state index in [9.17, 15) is 4.79 Å². The van der Waals surface area contributed by atoms with Crippen molar-refractivity contribution in [1.82, 2.24) is 9.88 Å². The van der Waals surface area contributed by atoms with Crippen LogP contribution in [0.3, 0.4) is 0 Å². The Morgan fingerprint density at radius 1 is 1.15 bits per heavy atom. The number of benzene rings is 2. The predicted octanol–water partition coefficient (Wildman–Crippen LogP) is 4.24. The number of ether oxygens (including phenoxy) is 1. The van der Waals surface area contributed by atoms with E-state index in [2.05, 4.69) is 46.4 Å². The minimum Gasteiger partial charge on any atom is -0.465 e. The lowest BCUT2D eigenvalue weighted by Crippen LogP contribution is -2.28. The third kappa shape index (κ3) is 3.28. The molecule has 0 saturated heterocycles. The van der Waals surface area contributed by atoms with Crippen molar-refractivity contribution in [1.29, 1.82) is 0 Å². The zero-order chi connectivity index (χ0) is 17.9. The number of para-hydroxylation sites is 1. The normalized spacial score (nSPS) is 15.0. The highest BCUT2D eigenvalue weighted by Gasteiger charge is 2.16. The minimum absolute atomic E-state index is 0.291. The molecule has 0 saturated carbocycles. The molecule has 0 amide bonds. The number of hydrogen-bond acceptors (Lipinski definition) is 3. The van der Waals surface area contributed by atoms with Gasteiger partial charge < -0.3 is 9.72 Å². The van der Waals surface area contributed by atoms with Crippen LogP contribution >= 0.6 is 0 Å². The Kier molecular flexibility index (Phi) is 4.59. The van der Waals surface area contributed by atoms with Gasteiger partial charge in [-0.25, -0.2) is 4.79 Å². The summed E-state index contributed by atoms with van der Waals surface area (Å²) < 4.78 is 4.74. The minimum atomic E-state index is -0.291. The maximum absolute atomic E-state index is 11.5. The van der Waals surface area contributed by atoms with Gasteiger partial charge in [0.2, 0.25) is 0 Å². The zero-order valence-electron chi connectivity index (χ0n) is 14.9. The fourth-order valence-corrected chi connectivity index (χ4v) is 3.56. The molecule has 0 fully saturated rings. The topological polar surface area (TPSA) is 45.3 Å². The lowest BCUT2D eigenvalue weighted by Gasteiger charge is -2.26. The number of carbonyl (C=O) groups excluding carboxylic acids is 1.